The Kier molecular flexibility index (Phi) is 4.51. The zero-order valence-electron chi connectivity index (χ0n) is 9.71. The van der Waals surface area contributed by atoms with Crippen LogP contribution in [0.4, 0.5) is 0 Å². The molecule has 92 valence electrons. The molecule has 5 heteroatoms. The van der Waals surface area contributed by atoms with Crippen LogP contribution in [-0.4, -0.2) is 23.0 Å². The van der Waals surface area contributed by atoms with Gasteiger partial charge >= 0.3 is 5.97 Å². The molecule has 0 bridgehead atoms. The van der Waals surface area contributed by atoms with Crippen molar-refractivity contribution < 1.29 is 19.1 Å². The van der Waals surface area contributed by atoms with Crippen molar-refractivity contribution in [1.29, 1.82) is 0 Å². The SMILES string of the molecule is CC(C)[C@H](NC(=O)/C=C/c1ccco1)C(=O)O. The molecular formula is C12H15NO4. The number of hydrogen-bond donors (Lipinski definition) is 2. The molecule has 1 atom stereocenters. The van der Waals surface area contributed by atoms with Crippen LogP contribution in [0.1, 0.15) is 19.6 Å². The minimum atomic E-state index is -1.04. The van der Waals surface area contributed by atoms with E-state index >= 15 is 0 Å². The highest BCUT2D eigenvalue weighted by Crippen LogP contribution is 2.04. The first-order valence-electron chi connectivity index (χ1n) is 5.25. The van der Waals surface area contributed by atoms with Crippen molar-refractivity contribution in [2.45, 2.75) is 19.9 Å². The van der Waals surface area contributed by atoms with E-state index in [0.717, 1.165) is 0 Å². The number of carbonyl (C=O) groups is 2. The van der Waals surface area contributed by atoms with Gasteiger partial charge in [-0.15, -0.1) is 0 Å². The van der Waals surface area contributed by atoms with Crippen LogP contribution in [0.2, 0.25) is 0 Å². The maximum Gasteiger partial charge on any atom is 0.326 e. The van der Waals surface area contributed by atoms with Gasteiger partial charge in [-0.1, -0.05) is 13.8 Å². The summed E-state index contributed by atoms with van der Waals surface area (Å²) in [5.41, 5.74) is 0. The molecule has 1 rings (SSSR count). The van der Waals surface area contributed by atoms with Gasteiger partial charge in [0.25, 0.3) is 0 Å². The second kappa shape index (κ2) is 5.89. The standard InChI is InChI=1S/C12H15NO4/c1-8(2)11(12(15)16)13-10(14)6-5-9-4-3-7-17-9/h3-8,11H,1-2H3,(H,13,14)(H,15,16)/b6-5+/t11-/m0/s1. The number of carboxylic acid groups (broad SMARTS) is 1. The van der Waals surface area contributed by atoms with Crippen molar-refractivity contribution in [3.8, 4) is 0 Å². The highest BCUT2D eigenvalue weighted by atomic mass is 16.4. The predicted octanol–water partition coefficient (Wildman–Crippen LogP) is 1.52. The molecule has 0 aliphatic rings. The molecule has 0 aromatic carbocycles. The summed E-state index contributed by atoms with van der Waals surface area (Å²) in [6, 6.07) is 2.51. The van der Waals surface area contributed by atoms with Gasteiger partial charge in [0.1, 0.15) is 11.8 Å². The molecule has 0 saturated heterocycles. The molecule has 1 aromatic rings. The lowest BCUT2D eigenvalue weighted by Gasteiger charge is -2.16. The van der Waals surface area contributed by atoms with Crippen molar-refractivity contribution in [3.05, 3.63) is 30.2 Å². The summed E-state index contributed by atoms with van der Waals surface area (Å²) < 4.78 is 5.00. The van der Waals surface area contributed by atoms with Gasteiger partial charge in [-0.25, -0.2) is 4.79 Å². The first-order chi connectivity index (χ1) is 8.00. The Morgan fingerprint density at radius 1 is 1.47 bits per heavy atom. The Labute approximate surface area is 99.1 Å². The Hall–Kier alpha value is -2.04. The van der Waals surface area contributed by atoms with E-state index in [1.807, 2.05) is 0 Å². The van der Waals surface area contributed by atoms with Crippen LogP contribution in [0.3, 0.4) is 0 Å². The summed E-state index contributed by atoms with van der Waals surface area (Å²) in [4.78, 5) is 22.3. The van der Waals surface area contributed by atoms with E-state index in [9.17, 15) is 9.59 Å². The fourth-order valence-electron chi connectivity index (χ4n) is 1.26. The molecule has 0 radical (unpaired) electrons. The number of rotatable bonds is 5. The van der Waals surface area contributed by atoms with Crippen molar-refractivity contribution in [1.82, 2.24) is 5.32 Å². The molecule has 0 aliphatic heterocycles. The monoisotopic (exact) mass is 237 g/mol. The van der Waals surface area contributed by atoms with Gasteiger partial charge in [-0.2, -0.15) is 0 Å². The Balaban J connectivity index is 2.56. The average molecular weight is 237 g/mol. The summed E-state index contributed by atoms with van der Waals surface area (Å²) in [6.45, 7) is 3.46. The molecule has 0 aliphatic carbocycles. The largest absolute Gasteiger partial charge is 0.480 e. The number of furan rings is 1. The van der Waals surface area contributed by atoms with Gasteiger partial charge in [-0.3, -0.25) is 4.79 Å². The number of aliphatic carboxylic acids is 1. The minimum absolute atomic E-state index is 0.173. The van der Waals surface area contributed by atoms with Gasteiger partial charge in [0, 0.05) is 6.08 Å². The molecule has 0 unspecified atom stereocenters. The van der Waals surface area contributed by atoms with Crippen molar-refractivity contribution in [3.63, 3.8) is 0 Å². The Morgan fingerprint density at radius 2 is 2.18 bits per heavy atom. The maximum atomic E-state index is 11.5. The quantitative estimate of drug-likeness (QED) is 0.761. The Bertz CT molecular complexity index is 406. The van der Waals surface area contributed by atoms with Gasteiger partial charge < -0.3 is 14.8 Å². The molecule has 1 heterocycles. The molecule has 0 saturated carbocycles. The zero-order valence-corrected chi connectivity index (χ0v) is 9.71. The summed E-state index contributed by atoms with van der Waals surface area (Å²) in [6.07, 6.45) is 4.22. The smallest absolute Gasteiger partial charge is 0.326 e. The predicted molar refractivity (Wildman–Crippen MR) is 62.1 cm³/mol. The van der Waals surface area contributed by atoms with E-state index in [4.69, 9.17) is 9.52 Å². The average Bonchev–Trinajstić information content (AvgIpc) is 2.74. The van der Waals surface area contributed by atoms with Gasteiger partial charge in [-0.05, 0) is 24.1 Å². The Morgan fingerprint density at radius 3 is 2.65 bits per heavy atom. The molecular weight excluding hydrogens is 222 g/mol. The van der Waals surface area contributed by atoms with Crippen LogP contribution in [0.25, 0.3) is 6.08 Å². The normalized spacial score (nSPS) is 12.9. The van der Waals surface area contributed by atoms with Crippen molar-refractivity contribution in [2.75, 3.05) is 0 Å². The van der Waals surface area contributed by atoms with Crippen LogP contribution in [-0.2, 0) is 9.59 Å². The second-order valence-electron chi connectivity index (χ2n) is 3.92. The van der Waals surface area contributed by atoms with Crippen molar-refractivity contribution in [2.24, 2.45) is 5.92 Å². The van der Waals surface area contributed by atoms with Crippen LogP contribution in [0.5, 0.6) is 0 Å². The molecule has 17 heavy (non-hydrogen) atoms. The number of carbonyl (C=O) groups excluding carboxylic acids is 1. The molecule has 0 fully saturated rings. The minimum Gasteiger partial charge on any atom is -0.480 e. The van der Waals surface area contributed by atoms with E-state index in [2.05, 4.69) is 5.32 Å². The number of hydrogen-bond acceptors (Lipinski definition) is 3. The summed E-state index contributed by atoms with van der Waals surface area (Å²) in [7, 11) is 0. The highest BCUT2D eigenvalue weighted by molar-refractivity contribution is 5.94. The molecule has 1 aromatic heterocycles. The van der Waals surface area contributed by atoms with Gasteiger partial charge in [0.15, 0.2) is 0 Å². The second-order valence-corrected chi connectivity index (χ2v) is 3.92. The molecule has 5 nitrogen and oxygen atoms in total. The summed E-state index contributed by atoms with van der Waals surface area (Å²) in [5, 5.41) is 11.3. The number of amides is 1. The van der Waals surface area contributed by atoms with E-state index < -0.39 is 17.9 Å². The third-order valence-electron chi connectivity index (χ3n) is 2.17. The fraction of sp³-hybridized carbons (Fsp3) is 0.333. The highest BCUT2D eigenvalue weighted by Gasteiger charge is 2.22. The third-order valence-corrected chi connectivity index (χ3v) is 2.17. The lowest BCUT2D eigenvalue weighted by Crippen LogP contribution is -2.43. The topological polar surface area (TPSA) is 79.5 Å². The van der Waals surface area contributed by atoms with Gasteiger partial charge in [0.2, 0.25) is 5.91 Å². The molecule has 0 spiro atoms. The van der Waals surface area contributed by atoms with E-state index in [1.165, 1.54) is 18.4 Å². The lowest BCUT2D eigenvalue weighted by atomic mass is 10.0. The zero-order chi connectivity index (χ0) is 12.8. The number of nitrogens with one attached hydrogen (secondary N) is 1. The van der Waals surface area contributed by atoms with Crippen LogP contribution in [0, 0.1) is 5.92 Å². The maximum absolute atomic E-state index is 11.5. The molecule has 2 N–H and O–H groups in total. The van der Waals surface area contributed by atoms with Gasteiger partial charge in [0.05, 0.1) is 6.26 Å². The fourth-order valence-corrected chi connectivity index (χ4v) is 1.26. The first kappa shape index (κ1) is 13.0. The van der Waals surface area contributed by atoms with E-state index in [0.29, 0.717) is 5.76 Å². The van der Waals surface area contributed by atoms with Crippen LogP contribution < -0.4 is 5.32 Å². The molecule has 1 amide bonds. The van der Waals surface area contributed by atoms with E-state index in [-0.39, 0.29) is 5.92 Å². The summed E-state index contributed by atoms with van der Waals surface area (Å²) >= 11 is 0. The summed E-state index contributed by atoms with van der Waals surface area (Å²) in [5.74, 6) is -1.13. The van der Waals surface area contributed by atoms with E-state index in [1.54, 1.807) is 26.0 Å². The van der Waals surface area contributed by atoms with Crippen LogP contribution >= 0.6 is 0 Å². The lowest BCUT2D eigenvalue weighted by molar-refractivity contribution is -0.142. The van der Waals surface area contributed by atoms with Crippen LogP contribution in [0.15, 0.2) is 28.9 Å². The number of carboxylic acids is 1. The third kappa shape index (κ3) is 4.14. The first-order valence-corrected chi connectivity index (χ1v) is 5.25. The van der Waals surface area contributed by atoms with Crippen molar-refractivity contribution >= 4 is 18.0 Å².